The number of amides is 1. The van der Waals surface area contributed by atoms with Gasteiger partial charge in [-0.15, -0.1) is 11.3 Å². The summed E-state index contributed by atoms with van der Waals surface area (Å²) in [5.41, 5.74) is 3.16. The van der Waals surface area contributed by atoms with Crippen LogP contribution < -0.4 is 5.32 Å². The highest BCUT2D eigenvalue weighted by Crippen LogP contribution is 2.25. The number of likely N-dealkylation sites (N-methyl/N-ethyl adjacent to an activating group) is 1. The van der Waals surface area contributed by atoms with Crippen LogP contribution in [0.1, 0.15) is 25.3 Å². The first kappa shape index (κ1) is 19.1. The number of benzene rings is 1. The lowest BCUT2D eigenvalue weighted by molar-refractivity contribution is -0.137. The fraction of sp³-hybridized carbons (Fsp3) is 0.389. The molecule has 0 atom stereocenters. The maximum Gasteiger partial charge on any atom is 0.304 e. The van der Waals surface area contributed by atoms with E-state index >= 15 is 0 Å². The molecular weight excluding hydrogens is 338 g/mol. The normalized spacial score (nSPS) is 10.8. The second-order valence-electron chi connectivity index (χ2n) is 5.91. The van der Waals surface area contributed by atoms with Crippen LogP contribution in [-0.2, 0) is 16.0 Å². The SMILES string of the molecule is CCCc1ccc(-c2csc(NC(=O)CN(C)CCC(=O)O)n2)cc1. The lowest BCUT2D eigenvalue weighted by Gasteiger charge is -2.14. The minimum absolute atomic E-state index is 0.0131. The van der Waals surface area contributed by atoms with Crippen molar-refractivity contribution in [1.82, 2.24) is 9.88 Å². The van der Waals surface area contributed by atoms with Gasteiger partial charge in [-0.25, -0.2) is 4.98 Å². The number of carboxylic acid groups (broad SMARTS) is 1. The Labute approximate surface area is 151 Å². The maximum absolute atomic E-state index is 12.0. The maximum atomic E-state index is 12.0. The van der Waals surface area contributed by atoms with Crippen LogP contribution in [0, 0.1) is 0 Å². The zero-order valence-corrected chi connectivity index (χ0v) is 15.3. The molecule has 1 aromatic heterocycles. The van der Waals surface area contributed by atoms with Crippen LogP contribution in [0.25, 0.3) is 11.3 Å². The lowest BCUT2D eigenvalue weighted by Crippen LogP contribution is -2.31. The molecule has 0 saturated carbocycles. The molecule has 6 nitrogen and oxygen atoms in total. The van der Waals surface area contributed by atoms with Crippen molar-refractivity contribution in [3.63, 3.8) is 0 Å². The number of carbonyl (C=O) groups excluding carboxylic acids is 1. The Morgan fingerprint density at radius 1 is 1.28 bits per heavy atom. The molecule has 7 heteroatoms. The van der Waals surface area contributed by atoms with Gasteiger partial charge in [0.25, 0.3) is 0 Å². The number of rotatable bonds is 9. The number of hydrogen-bond acceptors (Lipinski definition) is 5. The van der Waals surface area contributed by atoms with E-state index in [0.717, 1.165) is 24.1 Å². The molecule has 0 aliphatic rings. The Hall–Kier alpha value is -2.25. The summed E-state index contributed by atoms with van der Waals surface area (Å²) in [5, 5.41) is 13.9. The largest absolute Gasteiger partial charge is 0.481 e. The van der Waals surface area contributed by atoms with Gasteiger partial charge in [-0.2, -0.15) is 0 Å². The van der Waals surface area contributed by atoms with Crippen molar-refractivity contribution in [3.8, 4) is 11.3 Å². The number of thiazole rings is 1. The van der Waals surface area contributed by atoms with Gasteiger partial charge in [0.1, 0.15) is 0 Å². The highest BCUT2D eigenvalue weighted by molar-refractivity contribution is 7.14. The van der Waals surface area contributed by atoms with E-state index in [-0.39, 0.29) is 18.9 Å². The Morgan fingerprint density at radius 2 is 2.00 bits per heavy atom. The summed E-state index contributed by atoms with van der Waals surface area (Å²) >= 11 is 1.38. The van der Waals surface area contributed by atoms with E-state index in [9.17, 15) is 9.59 Å². The number of nitrogens with zero attached hydrogens (tertiary/aromatic N) is 2. The summed E-state index contributed by atoms with van der Waals surface area (Å²) in [6, 6.07) is 8.30. The molecule has 0 unspecified atom stereocenters. The van der Waals surface area contributed by atoms with Gasteiger partial charge in [0.05, 0.1) is 18.7 Å². The summed E-state index contributed by atoms with van der Waals surface area (Å²) in [6.45, 7) is 2.62. The fourth-order valence-corrected chi connectivity index (χ4v) is 3.10. The van der Waals surface area contributed by atoms with Crippen molar-refractivity contribution in [2.45, 2.75) is 26.2 Å². The molecule has 2 rings (SSSR count). The van der Waals surface area contributed by atoms with Crippen LogP contribution >= 0.6 is 11.3 Å². The quantitative estimate of drug-likeness (QED) is 0.717. The third-order valence-corrected chi connectivity index (χ3v) is 4.42. The van der Waals surface area contributed by atoms with Gasteiger partial charge >= 0.3 is 5.97 Å². The number of hydrogen-bond donors (Lipinski definition) is 2. The van der Waals surface area contributed by atoms with Crippen LogP contribution in [-0.4, -0.2) is 47.0 Å². The van der Waals surface area contributed by atoms with Gasteiger partial charge in [0.15, 0.2) is 5.13 Å². The van der Waals surface area contributed by atoms with Crippen LogP contribution in [0.15, 0.2) is 29.6 Å². The van der Waals surface area contributed by atoms with Crippen LogP contribution in [0.2, 0.25) is 0 Å². The summed E-state index contributed by atoms with van der Waals surface area (Å²) in [7, 11) is 1.72. The number of aliphatic carboxylic acids is 1. The molecular formula is C18H23N3O3S. The summed E-state index contributed by atoms with van der Waals surface area (Å²) in [5.74, 6) is -1.08. The topological polar surface area (TPSA) is 82.5 Å². The van der Waals surface area contributed by atoms with Crippen molar-refractivity contribution in [2.24, 2.45) is 0 Å². The van der Waals surface area contributed by atoms with E-state index in [1.165, 1.54) is 16.9 Å². The Kier molecular flexibility index (Phi) is 7.09. The summed E-state index contributed by atoms with van der Waals surface area (Å²) in [6.07, 6.45) is 2.19. The zero-order valence-electron chi connectivity index (χ0n) is 14.5. The van der Waals surface area contributed by atoms with E-state index in [0.29, 0.717) is 11.7 Å². The third-order valence-electron chi connectivity index (χ3n) is 3.66. The average molecular weight is 361 g/mol. The van der Waals surface area contributed by atoms with Gasteiger partial charge in [-0.3, -0.25) is 14.5 Å². The van der Waals surface area contributed by atoms with E-state index in [4.69, 9.17) is 5.11 Å². The summed E-state index contributed by atoms with van der Waals surface area (Å²) in [4.78, 5) is 28.7. The number of aromatic nitrogens is 1. The number of nitrogens with one attached hydrogen (secondary N) is 1. The van der Waals surface area contributed by atoms with Crippen molar-refractivity contribution < 1.29 is 14.7 Å². The summed E-state index contributed by atoms with van der Waals surface area (Å²) < 4.78 is 0. The number of aryl methyl sites for hydroxylation is 1. The minimum Gasteiger partial charge on any atom is -0.481 e. The predicted molar refractivity (Wildman–Crippen MR) is 99.9 cm³/mol. The van der Waals surface area contributed by atoms with Crippen LogP contribution in [0.3, 0.4) is 0 Å². The first-order valence-electron chi connectivity index (χ1n) is 8.23. The molecule has 25 heavy (non-hydrogen) atoms. The smallest absolute Gasteiger partial charge is 0.304 e. The molecule has 0 aliphatic heterocycles. The predicted octanol–water partition coefficient (Wildman–Crippen LogP) is 3.11. The minimum atomic E-state index is -0.873. The second-order valence-corrected chi connectivity index (χ2v) is 6.77. The highest BCUT2D eigenvalue weighted by atomic mass is 32.1. The van der Waals surface area contributed by atoms with Gasteiger partial charge < -0.3 is 10.4 Å². The van der Waals surface area contributed by atoms with Gasteiger partial charge in [0, 0.05) is 17.5 Å². The molecule has 0 spiro atoms. The van der Waals surface area contributed by atoms with Crippen LogP contribution in [0.5, 0.6) is 0 Å². The number of anilines is 1. The number of carbonyl (C=O) groups is 2. The zero-order chi connectivity index (χ0) is 18.2. The van der Waals surface area contributed by atoms with Gasteiger partial charge in [0.2, 0.25) is 5.91 Å². The molecule has 134 valence electrons. The molecule has 0 fully saturated rings. The molecule has 1 amide bonds. The first-order chi connectivity index (χ1) is 12.0. The van der Waals surface area contributed by atoms with Gasteiger partial charge in [-0.1, -0.05) is 37.6 Å². The molecule has 0 radical (unpaired) electrons. The van der Waals surface area contributed by atoms with Crippen LogP contribution in [0.4, 0.5) is 5.13 Å². The first-order valence-corrected chi connectivity index (χ1v) is 9.11. The molecule has 1 heterocycles. The van der Waals surface area contributed by atoms with Gasteiger partial charge in [-0.05, 0) is 19.0 Å². The Morgan fingerprint density at radius 3 is 2.64 bits per heavy atom. The number of carboxylic acids is 1. The monoisotopic (exact) mass is 361 g/mol. The Balaban J connectivity index is 1.90. The molecule has 0 aliphatic carbocycles. The van der Waals surface area contributed by atoms with E-state index in [1.54, 1.807) is 11.9 Å². The van der Waals surface area contributed by atoms with E-state index < -0.39 is 5.97 Å². The standard InChI is InChI=1S/C18H23N3O3S/c1-3-4-13-5-7-14(8-6-13)15-12-25-18(19-15)20-16(22)11-21(2)10-9-17(23)24/h5-8,12H,3-4,9-11H2,1-2H3,(H,23,24)(H,19,20,22). The van der Waals surface area contributed by atoms with E-state index in [1.807, 2.05) is 17.5 Å². The molecule has 1 aromatic carbocycles. The molecule has 0 bridgehead atoms. The molecule has 2 N–H and O–H groups in total. The Bertz CT molecular complexity index is 713. The highest BCUT2D eigenvalue weighted by Gasteiger charge is 2.11. The average Bonchev–Trinajstić information content (AvgIpc) is 3.02. The molecule has 2 aromatic rings. The van der Waals surface area contributed by atoms with Crippen molar-refractivity contribution in [2.75, 3.05) is 25.5 Å². The lowest BCUT2D eigenvalue weighted by atomic mass is 10.1. The van der Waals surface area contributed by atoms with Crippen molar-refractivity contribution in [3.05, 3.63) is 35.2 Å². The second kappa shape index (κ2) is 9.29. The fourth-order valence-electron chi connectivity index (χ4n) is 2.36. The third kappa shape index (κ3) is 6.28. The molecule has 0 saturated heterocycles. The van der Waals surface area contributed by atoms with Crippen molar-refractivity contribution >= 4 is 28.3 Å². The van der Waals surface area contributed by atoms with E-state index in [2.05, 4.69) is 29.4 Å². The van der Waals surface area contributed by atoms with Crippen molar-refractivity contribution in [1.29, 1.82) is 0 Å².